The first kappa shape index (κ1) is 36.8. The number of nitrogens with one attached hydrogen (secondary N) is 2. The van der Waals surface area contributed by atoms with Gasteiger partial charge in [0.1, 0.15) is 23.8 Å². The van der Waals surface area contributed by atoms with E-state index < -0.39 is 66.2 Å². The summed E-state index contributed by atoms with van der Waals surface area (Å²) in [7, 11) is 2.65. The summed E-state index contributed by atoms with van der Waals surface area (Å²) >= 11 is 0. The highest BCUT2D eigenvalue weighted by molar-refractivity contribution is 6.04. The van der Waals surface area contributed by atoms with Gasteiger partial charge in [-0.05, 0) is 24.8 Å². The van der Waals surface area contributed by atoms with E-state index >= 15 is 0 Å². The Hall–Kier alpha value is -5.23. The molecule has 3 atom stereocenters. The number of nitrogen functional groups attached to an aromatic ring is 1. The van der Waals surface area contributed by atoms with Crippen LogP contribution >= 0.6 is 0 Å². The van der Waals surface area contributed by atoms with Crippen LogP contribution in [-0.4, -0.2) is 96.3 Å². The molecule has 0 heterocycles. The second kappa shape index (κ2) is 16.4. The Bertz CT molecular complexity index is 1290. The van der Waals surface area contributed by atoms with Gasteiger partial charge < -0.3 is 43.0 Å². The summed E-state index contributed by atoms with van der Waals surface area (Å²) in [5.74, 6) is -11.0. The lowest BCUT2D eigenvalue weighted by Gasteiger charge is -2.25. The number of primary amides is 1. The molecule has 11 N–H and O–H groups in total. The van der Waals surface area contributed by atoms with Crippen LogP contribution in [0, 0.1) is 11.3 Å². The molecule has 16 nitrogen and oxygen atoms in total. The number of amides is 3. The molecule has 44 heavy (non-hydrogen) atoms. The highest BCUT2D eigenvalue weighted by Gasteiger charge is 2.44. The molecule has 3 amide bonds. The molecule has 1 aromatic rings. The van der Waals surface area contributed by atoms with E-state index in [4.69, 9.17) is 28.3 Å². The van der Waals surface area contributed by atoms with E-state index in [0.717, 1.165) is 4.90 Å². The minimum atomic E-state index is -5.58. The summed E-state index contributed by atoms with van der Waals surface area (Å²) in [6.07, 6.45) is -7.28. The molecular weight excluding hydrogens is 595 g/mol. The molecule has 19 heteroatoms. The van der Waals surface area contributed by atoms with Gasteiger partial charge in [-0.3, -0.25) is 29.6 Å². The van der Waals surface area contributed by atoms with Gasteiger partial charge in [0.15, 0.2) is 5.96 Å². The molecule has 0 spiro atoms. The predicted octanol–water partition coefficient (Wildman–Crippen LogP) is -1.41. The number of rotatable bonds is 15. The molecule has 0 fully saturated rings. The monoisotopic (exact) mass is 629 g/mol. The number of esters is 1. The van der Waals surface area contributed by atoms with Crippen LogP contribution in [0.2, 0.25) is 0 Å². The zero-order chi connectivity index (χ0) is 33.8. The number of carbonyl (C=O) groups excluding carboxylic acids is 4. The summed E-state index contributed by atoms with van der Waals surface area (Å²) in [6.45, 7) is -0.0453. The number of aliphatic carboxylic acids is 1. The van der Waals surface area contributed by atoms with E-state index in [1.807, 2.05) is 0 Å². The lowest BCUT2D eigenvalue weighted by molar-refractivity contribution is -0.191. The van der Waals surface area contributed by atoms with Crippen molar-refractivity contribution in [3.63, 3.8) is 0 Å². The van der Waals surface area contributed by atoms with E-state index in [1.165, 1.54) is 38.4 Å². The zero-order valence-corrected chi connectivity index (χ0v) is 23.8. The first-order valence-electron chi connectivity index (χ1n) is 12.7. The van der Waals surface area contributed by atoms with Gasteiger partial charge in [-0.25, -0.2) is 9.79 Å². The number of nitrogens with zero attached hydrogens (tertiary/aromatic N) is 3. The molecule has 0 aliphatic rings. The minimum absolute atomic E-state index is 0.0211. The Morgan fingerprint density at radius 1 is 1.07 bits per heavy atom. The van der Waals surface area contributed by atoms with Gasteiger partial charge in [0.2, 0.25) is 23.6 Å². The average Bonchev–Trinajstić information content (AvgIpc) is 2.90. The fourth-order valence-corrected chi connectivity index (χ4v) is 3.56. The van der Waals surface area contributed by atoms with Gasteiger partial charge in [0, 0.05) is 26.2 Å². The van der Waals surface area contributed by atoms with Crippen molar-refractivity contribution >= 4 is 47.4 Å². The average molecular weight is 630 g/mol. The van der Waals surface area contributed by atoms with Crippen LogP contribution in [0.5, 0.6) is 0 Å². The molecule has 0 saturated heterocycles. The second-order valence-electron chi connectivity index (χ2n) is 9.48. The number of aliphatic imine (C=N–C) groups is 2. The Labute approximate surface area is 249 Å². The van der Waals surface area contributed by atoms with Crippen molar-refractivity contribution in [3.05, 3.63) is 35.4 Å². The molecule has 1 unspecified atom stereocenters. The molecule has 0 bridgehead atoms. The number of hydrogen-bond acceptors (Lipinski definition) is 9. The quantitative estimate of drug-likeness (QED) is 0.0391. The van der Waals surface area contributed by atoms with Crippen LogP contribution in [0.1, 0.15) is 30.4 Å². The fraction of sp³-hybridized carbons (Fsp3) is 0.440. The summed E-state index contributed by atoms with van der Waals surface area (Å²) in [5.41, 5.74) is 21.9. The number of carboxylic acids is 1. The standard InChI is InChI=1S/C25H34F3N9O7/c1-37(2)22(42)14(10-12-5-7-13(8-6-12)18(29)30)20(41)35-16(11-17(38)39)21(44-23(43)25(26,27)28)36-15(19(31)40)4-3-9-34-24(32)33/h5-8,14-16H,3-4,9-11H2,1-2H3,(H3,29,30)(H2,31,40)(H,35,41)(H,38,39)(H4,32,33,34)/t14?,15-,16-/m0/s1. The van der Waals surface area contributed by atoms with Crippen molar-refractivity contribution in [3.8, 4) is 0 Å². The maximum absolute atomic E-state index is 13.4. The predicted molar refractivity (Wildman–Crippen MR) is 150 cm³/mol. The van der Waals surface area contributed by atoms with Gasteiger partial charge in [0.25, 0.3) is 0 Å². The number of carboxylic acid groups (broad SMARTS) is 1. The van der Waals surface area contributed by atoms with Crippen molar-refractivity contribution in [2.24, 2.45) is 38.8 Å². The van der Waals surface area contributed by atoms with Gasteiger partial charge >= 0.3 is 18.1 Å². The highest BCUT2D eigenvalue weighted by atomic mass is 19.4. The third-order valence-corrected chi connectivity index (χ3v) is 5.72. The Balaban J connectivity index is 3.55. The first-order valence-corrected chi connectivity index (χ1v) is 12.7. The maximum Gasteiger partial charge on any atom is 0.491 e. The van der Waals surface area contributed by atoms with Crippen molar-refractivity contribution in [1.29, 1.82) is 5.41 Å². The topological polar surface area (TPSA) is 283 Å². The fourth-order valence-electron chi connectivity index (χ4n) is 3.56. The number of benzene rings is 1. The van der Waals surface area contributed by atoms with E-state index in [9.17, 15) is 42.3 Å². The van der Waals surface area contributed by atoms with Gasteiger partial charge in [0.05, 0.1) is 6.42 Å². The molecule has 1 aromatic carbocycles. The zero-order valence-electron chi connectivity index (χ0n) is 23.8. The molecule has 0 saturated carbocycles. The minimum Gasteiger partial charge on any atom is -0.481 e. The second-order valence-corrected chi connectivity index (χ2v) is 9.48. The van der Waals surface area contributed by atoms with Crippen LogP contribution in [0.15, 0.2) is 34.3 Å². The summed E-state index contributed by atoms with van der Waals surface area (Å²) in [6, 6.07) is 2.14. The van der Waals surface area contributed by atoms with Gasteiger partial charge in [-0.15, -0.1) is 0 Å². The number of carbonyl (C=O) groups is 5. The molecule has 1 rings (SSSR count). The summed E-state index contributed by atoms with van der Waals surface area (Å²) in [5, 5.41) is 19.0. The van der Waals surface area contributed by atoms with E-state index in [1.54, 1.807) is 0 Å². The van der Waals surface area contributed by atoms with Crippen LogP contribution in [0.25, 0.3) is 0 Å². The molecule has 0 aliphatic heterocycles. The van der Waals surface area contributed by atoms with Crippen molar-refractivity contribution in [2.75, 3.05) is 20.6 Å². The summed E-state index contributed by atoms with van der Waals surface area (Å²) in [4.78, 5) is 70.2. The Morgan fingerprint density at radius 2 is 1.66 bits per heavy atom. The Morgan fingerprint density at radius 3 is 2.11 bits per heavy atom. The molecule has 242 valence electrons. The smallest absolute Gasteiger partial charge is 0.481 e. The molecular formula is C25H34F3N9O7. The van der Waals surface area contributed by atoms with Crippen LogP contribution < -0.4 is 28.3 Å². The Kier molecular flexibility index (Phi) is 13.7. The van der Waals surface area contributed by atoms with Crippen molar-refractivity contribution < 1.29 is 47.0 Å². The normalized spacial score (nSPS) is 13.5. The number of alkyl halides is 3. The van der Waals surface area contributed by atoms with Crippen LogP contribution in [-0.2, 0) is 35.1 Å². The molecule has 0 aliphatic carbocycles. The van der Waals surface area contributed by atoms with Crippen molar-refractivity contribution in [1.82, 2.24) is 10.2 Å². The molecule has 0 radical (unpaired) electrons. The van der Waals surface area contributed by atoms with E-state index in [-0.39, 0.29) is 37.6 Å². The molecule has 0 aromatic heterocycles. The van der Waals surface area contributed by atoms with Gasteiger partial charge in [-0.2, -0.15) is 13.2 Å². The van der Waals surface area contributed by atoms with Crippen molar-refractivity contribution in [2.45, 2.75) is 43.9 Å². The lowest BCUT2D eigenvalue weighted by atomic mass is 9.95. The first-order chi connectivity index (χ1) is 20.3. The van der Waals surface area contributed by atoms with Gasteiger partial charge in [-0.1, -0.05) is 24.3 Å². The SMILES string of the molecule is CN(C)C(=O)C(Cc1ccc(C(=N)N)cc1)C(=O)N[C@@H](CC(=O)O)C(=N[C@@H](CCCN=C(N)N)C(N)=O)OC(=O)C(F)(F)F. The third-order valence-electron chi connectivity index (χ3n) is 5.72. The maximum atomic E-state index is 13.4. The summed E-state index contributed by atoms with van der Waals surface area (Å²) < 4.78 is 43.7. The largest absolute Gasteiger partial charge is 0.491 e. The van der Waals surface area contributed by atoms with Crippen LogP contribution in [0.4, 0.5) is 13.2 Å². The number of guanidine groups is 1. The van der Waals surface area contributed by atoms with E-state index in [2.05, 4.69) is 20.0 Å². The highest BCUT2D eigenvalue weighted by Crippen LogP contribution is 2.19. The number of nitrogens with two attached hydrogens (primary N) is 4. The number of hydrogen-bond donors (Lipinski definition) is 7. The lowest BCUT2D eigenvalue weighted by Crippen LogP contribution is -2.50. The van der Waals surface area contributed by atoms with E-state index in [0.29, 0.717) is 11.1 Å². The number of ether oxygens (including phenoxy) is 1. The number of amidine groups is 1. The third kappa shape index (κ3) is 12.3. The van der Waals surface area contributed by atoms with Crippen LogP contribution in [0.3, 0.4) is 0 Å². The number of halogens is 3.